The average molecular weight is 372 g/mol. The number of hydrogen-bond acceptors (Lipinski definition) is 4. The van der Waals surface area contributed by atoms with Gasteiger partial charge >= 0.3 is 0 Å². The van der Waals surface area contributed by atoms with E-state index in [4.69, 9.17) is 0 Å². The summed E-state index contributed by atoms with van der Waals surface area (Å²) in [7, 11) is 1.87. The highest BCUT2D eigenvalue weighted by atomic mass is 32.1. The van der Waals surface area contributed by atoms with Crippen molar-refractivity contribution in [2.45, 2.75) is 26.3 Å². The second kappa shape index (κ2) is 9.69. The molecule has 0 atom stereocenters. The molecule has 1 aliphatic rings. The van der Waals surface area contributed by atoms with E-state index in [1.165, 1.54) is 15.4 Å². The molecule has 0 bridgehead atoms. The van der Waals surface area contributed by atoms with Gasteiger partial charge in [0.25, 0.3) is 0 Å². The number of aliphatic imine (C=N–C) groups is 1. The van der Waals surface area contributed by atoms with E-state index in [0.29, 0.717) is 0 Å². The van der Waals surface area contributed by atoms with Crippen LogP contribution in [0.5, 0.6) is 0 Å². The number of aryl methyl sites for hydroxylation is 1. The van der Waals surface area contributed by atoms with Crippen LogP contribution in [0.4, 0.5) is 0 Å². The van der Waals surface area contributed by atoms with Gasteiger partial charge in [-0.05, 0) is 12.0 Å². The molecule has 0 amide bonds. The number of piperazine rings is 1. The Hall–Kier alpha value is -1.92. The van der Waals surface area contributed by atoms with E-state index in [2.05, 4.69) is 62.3 Å². The van der Waals surface area contributed by atoms with Crippen molar-refractivity contribution in [2.75, 3.05) is 39.8 Å². The van der Waals surface area contributed by atoms with Gasteiger partial charge in [0.1, 0.15) is 0 Å². The van der Waals surface area contributed by atoms with Crippen LogP contribution < -0.4 is 5.32 Å². The van der Waals surface area contributed by atoms with Gasteiger partial charge in [0.2, 0.25) is 0 Å². The summed E-state index contributed by atoms with van der Waals surface area (Å²) >= 11 is 1.82. The molecule has 0 spiro atoms. The predicted octanol–water partition coefficient (Wildman–Crippen LogP) is 2.64. The zero-order chi connectivity index (χ0) is 18.2. The van der Waals surface area contributed by atoms with Crippen LogP contribution in [0.25, 0.3) is 0 Å². The van der Waals surface area contributed by atoms with E-state index in [1.54, 1.807) is 0 Å². The molecule has 2 aromatic rings. The molecule has 1 fully saturated rings. The lowest BCUT2D eigenvalue weighted by Gasteiger charge is -2.36. The van der Waals surface area contributed by atoms with Crippen molar-refractivity contribution in [3.8, 4) is 0 Å². The average Bonchev–Trinajstić information content (AvgIpc) is 3.15. The predicted molar refractivity (Wildman–Crippen MR) is 110 cm³/mol. The molecule has 1 aromatic heterocycles. The molecular formula is C20H29N5S. The molecular weight excluding hydrogens is 342 g/mol. The third-order valence-corrected chi connectivity index (χ3v) is 5.91. The van der Waals surface area contributed by atoms with Crippen molar-refractivity contribution in [1.29, 1.82) is 0 Å². The summed E-state index contributed by atoms with van der Waals surface area (Å²) in [5.74, 6) is 1.01. The number of aromatic nitrogens is 1. The van der Waals surface area contributed by atoms with E-state index in [0.717, 1.165) is 58.1 Å². The summed E-state index contributed by atoms with van der Waals surface area (Å²) in [6.07, 6.45) is 4.03. The Balaban J connectivity index is 1.41. The summed E-state index contributed by atoms with van der Waals surface area (Å²) in [5, 5.41) is 4.71. The monoisotopic (exact) mass is 371 g/mol. The van der Waals surface area contributed by atoms with E-state index in [9.17, 15) is 0 Å². The van der Waals surface area contributed by atoms with Crippen molar-refractivity contribution >= 4 is 17.3 Å². The summed E-state index contributed by atoms with van der Waals surface area (Å²) in [6.45, 7) is 8.27. The minimum atomic E-state index is 0.883. The first-order valence-corrected chi connectivity index (χ1v) is 10.3. The Labute approximate surface area is 160 Å². The summed E-state index contributed by atoms with van der Waals surface area (Å²) in [6, 6.07) is 10.7. The van der Waals surface area contributed by atoms with Crippen LogP contribution in [0, 0.1) is 0 Å². The maximum atomic E-state index is 4.49. The molecule has 0 unspecified atom stereocenters. The molecule has 6 heteroatoms. The number of benzene rings is 1. The quantitative estimate of drug-likeness (QED) is 0.626. The van der Waals surface area contributed by atoms with Crippen molar-refractivity contribution in [3.63, 3.8) is 0 Å². The van der Waals surface area contributed by atoms with Gasteiger partial charge in [-0.15, -0.1) is 11.3 Å². The van der Waals surface area contributed by atoms with Crippen LogP contribution in [-0.2, 0) is 19.4 Å². The number of nitrogens with zero attached hydrogens (tertiary/aromatic N) is 4. The van der Waals surface area contributed by atoms with Crippen LogP contribution in [0.3, 0.4) is 0 Å². The zero-order valence-electron chi connectivity index (χ0n) is 15.8. The first-order chi connectivity index (χ1) is 12.8. The molecule has 2 heterocycles. The molecule has 1 aliphatic heterocycles. The van der Waals surface area contributed by atoms with Crippen LogP contribution in [0.1, 0.15) is 22.4 Å². The van der Waals surface area contributed by atoms with Crippen molar-refractivity contribution in [2.24, 2.45) is 4.99 Å². The normalized spacial score (nSPS) is 16.1. The molecule has 0 aliphatic carbocycles. The minimum absolute atomic E-state index is 0.883. The van der Waals surface area contributed by atoms with Gasteiger partial charge in [0.05, 0.1) is 5.01 Å². The van der Waals surface area contributed by atoms with E-state index < -0.39 is 0 Å². The maximum Gasteiger partial charge on any atom is 0.193 e. The Morgan fingerprint density at radius 3 is 2.62 bits per heavy atom. The number of nitrogens with one attached hydrogen (secondary N) is 1. The number of rotatable bonds is 6. The van der Waals surface area contributed by atoms with E-state index in [1.807, 2.05) is 24.6 Å². The third-order valence-electron chi connectivity index (χ3n) is 4.70. The lowest BCUT2D eigenvalue weighted by Crippen LogP contribution is -2.52. The van der Waals surface area contributed by atoms with Gasteiger partial charge in [0.15, 0.2) is 5.96 Å². The minimum Gasteiger partial charge on any atom is -0.356 e. The van der Waals surface area contributed by atoms with E-state index >= 15 is 0 Å². The Morgan fingerprint density at radius 2 is 1.96 bits per heavy atom. The molecule has 1 saturated heterocycles. The van der Waals surface area contributed by atoms with Crippen molar-refractivity contribution in [3.05, 3.63) is 52.0 Å². The maximum absolute atomic E-state index is 4.49. The fourth-order valence-corrected chi connectivity index (χ4v) is 4.06. The molecule has 1 N–H and O–H groups in total. The van der Waals surface area contributed by atoms with Crippen LogP contribution in [0.2, 0.25) is 0 Å². The fourth-order valence-electron chi connectivity index (χ4n) is 3.20. The van der Waals surface area contributed by atoms with Gasteiger partial charge in [-0.25, -0.2) is 4.98 Å². The molecule has 5 nitrogen and oxygen atoms in total. The first-order valence-electron chi connectivity index (χ1n) is 9.44. The molecule has 3 rings (SSSR count). The van der Waals surface area contributed by atoms with Gasteiger partial charge in [-0.2, -0.15) is 0 Å². The third kappa shape index (κ3) is 5.29. The van der Waals surface area contributed by atoms with Gasteiger partial charge in [0, 0.05) is 63.8 Å². The van der Waals surface area contributed by atoms with Crippen LogP contribution in [0.15, 0.2) is 41.5 Å². The standard InChI is InChI=1S/C20H29N5S/c1-3-18-15-23-19(26-18)9-10-22-20(21-2)25-13-11-24(12-14-25)16-17-7-5-4-6-8-17/h4-8,15H,3,9-14,16H2,1-2H3,(H,21,22). The SMILES string of the molecule is CCc1cnc(CCNC(=NC)N2CCN(Cc3ccccc3)CC2)s1. The second-order valence-corrected chi connectivity index (χ2v) is 7.75. The lowest BCUT2D eigenvalue weighted by atomic mass is 10.2. The van der Waals surface area contributed by atoms with Gasteiger partial charge in [-0.1, -0.05) is 37.3 Å². The topological polar surface area (TPSA) is 43.8 Å². The van der Waals surface area contributed by atoms with Gasteiger partial charge in [-0.3, -0.25) is 9.89 Å². The van der Waals surface area contributed by atoms with Crippen molar-refractivity contribution < 1.29 is 0 Å². The zero-order valence-corrected chi connectivity index (χ0v) is 16.6. The number of guanidine groups is 1. The molecule has 140 valence electrons. The molecule has 0 radical (unpaired) electrons. The van der Waals surface area contributed by atoms with Crippen molar-refractivity contribution in [1.82, 2.24) is 20.1 Å². The molecule has 0 saturated carbocycles. The van der Waals surface area contributed by atoms with Crippen LogP contribution >= 0.6 is 11.3 Å². The Morgan fingerprint density at radius 1 is 1.19 bits per heavy atom. The smallest absolute Gasteiger partial charge is 0.193 e. The number of hydrogen-bond donors (Lipinski definition) is 1. The van der Waals surface area contributed by atoms with Gasteiger partial charge < -0.3 is 10.2 Å². The lowest BCUT2D eigenvalue weighted by molar-refractivity contribution is 0.172. The van der Waals surface area contributed by atoms with E-state index in [-0.39, 0.29) is 0 Å². The van der Waals surface area contributed by atoms with Crippen LogP contribution in [-0.4, -0.2) is 60.5 Å². The first kappa shape index (κ1) is 18.9. The summed E-state index contributed by atoms with van der Waals surface area (Å²) < 4.78 is 0. The summed E-state index contributed by atoms with van der Waals surface area (Å²) in [4.78, 5) is 15.2. The highest BCUT2D eigenvalue weighted by Crippen LogP contribution is 2.13. The summed E-state index contributed by atoms with van der Waals surface area (Å²) in [5.41, 5.74) is 1.39. The Kier molecular flexibility index (Phi) is 7.03. The number of thiazole rings is 1. The highest BCUT2D eigenvalue weighted by molar-refractivity contribution is 7.11. The highest BCUT2D eigenvalue weighted by Gasteiger charge is 2.19. The largest absolute Gasteiger partial charge is 0.356 e. The Bertz CT molecular complexity index is 689. The second-order valence-electron chi connectivity index (χ2n) is 6.55. The molecule has 1 aromatic carbocycles. The molecule has 26 heavy (non-hydrogen) atoms. The fraction of sp³-hybridized carbons (Fsp3) is 0.500.